The van der Waals surface area contributed by atoms with Crippen LogP contribution in [0.3, 0.4) is 0 Å². The van der Waals surface area contributed by atoms with E-state index in [4.69, 9.17) is 11.6 Å². The van der Waals surface area contributed by atoms with Crippen LogP contribution >= 0.6 is 11.6 Å². The van der Waals surface area contributed by atoms with Crippen molar-refractivity contribution in [3.63, 3.8) is 0 Å². The fraction of sp³-hybridized carbons (Fsp3) is 0.364. The number of hydrogen-bond acceptors (Lipinski definition) is 1. The number of hydrogen-bond donors (Lipinski definition) is 0. The molecule has 0 heterocycles. The van der Waals surface area contributed by atoms with Gasteiger partial charge >= 0.3 is 0 Å². The normalized spacial score (nSPS) is 12.5. The lowest BCUT2D eigenvalue weighted by Gasteiger charge is -2.29. The van der Waals surface area contributed by atoms with Crippen molar-refractivity contribution in [1.82, 2.24) is 4.90 Å². The van der Waals surface area contributed by atoms with E-state index in [-0.39, 0.29) is 0 Å². The molecule has 2 aromatic carbocycles. The summed E-state index contributed by atoms with van der Waals surface area (Å²) in [6, 6.07) is 17.9. The second kappa shape index (κ2) is 8.50. The second-order valence-corrected chi connectivity index (χ2v) is 7.29. The monoisotopic (exact) mass is 341 g/mol. The molecule has 0 fully saturated rings. The third kappa shape index (κ3) is 4.96. The van der Waals surface area contributed by atoms with Crippen LogP contribution in [-0.4, -0.2) is 23.5 Å². The Morgan fingerprint density at radius 3 is 1.79 bits per heavy atom. The van der Waals surface area contributed by atoms with Gasteiger partial charge in [0.25, 0.3) is 0 Å². The van der Waals surface area contributed by atoms with E-state index in [1.165, 1.54) is 22.3 Å². The van der Waals surface area contributed by atoms with Gasteiger partial charge in [-0.1, -0.05) is 54.1 Å². The molecule has 0 bridgehead atoms. The van der Waals surface area contributed by atoms with Crippen LogP contribution in [-0.2, 0) is 0 Å². The minimum absolute atomic E-state index is 0.557. The Labute approximate surface area is 152 Å². The van der Waals surface area contributed by atoms with E-state index in [1.54, 1.807) is 0 Å². The highest BCUT2D eigenvalue weighted by Crippen LogP contribution is 2.24. The molecule has 0 saturated heterocycles. The molecule has 24 heavy (non-hydrogen) atoms. The van der Waals surface area contributed by atoms with Crippen LogP contribution in [0, 0.1) is 0 Å². The van der Waals surface area contributed by atoms with Crippen molar-refractivity contribution < 1.29 is 0 Å². The van der Waals surface area contributed by atoms with Gasteiger partial charge in [0, 0.05) is 23.7 Å². The van der Waals surface area contributed by atoms with E-state index in [2.05, 4.69) is 82.0 Å². The lowest BCUT2D eigenvalue weighted by Crippen LogP contribution is -2.37. The van der Waals surface area contributed by atoms with Gasteiger partial charge in [-0.3, -0.25) is 4.90 Å². The summed E-state index contributed by atoms with van der Waals surface area (Å²) < 4.78 is 0. The smallest absolute Gasteiger partial charge is 0.0406 e. The number of halogens is 1. The summed E-state index contributed by atoms with van der Waals surface area (Å²) in [5, 5.41) is 0.772. The van der Waals surface area contributed by atoms with E-state index in [0.717, 1.165) is 11.6 Å². The molecule has 0 atom stereocenters. The Bertz CT molecular complexity index is 658. The van der Waals surface area contributed by atoms with Crippen molar-refractivity contribution >= 4 is 17.2 Å². The first-order valence-electron chi connectivity index (χ1n) is 8.67. The van der Waals surface area contributed by atoms with E-state index in [0.29, 0.717) is 12.1 Å². The van der Waals surface area contributed by atoms with Crippen LogP contribution in [0.15, 0.2) is 54.6 Å². The molecular formula is C22H28ClN. The third-order valence-electron chi connectivity index (χ3n) is 4.45. The number of nitrogens with zero attached hydrogens (tertiary/aromatic N) is 1. The van der Waals surface area contributed by atoms with E-state index in [1.807, 2.05) is 12.1 Å². The quantitative estimate of drug-likeness (QED) is 0.577. The number of rotatable bonds is 6. The molecule has 2 aromatic rings. The summed E-state index contributed by atoms with van der Waals surface area (Å²) in [5.41, 5.74) is 5.01. The molecule has 1 nitrogen and oxygen atoms in total. The first-order chi connectivity index (χ1) is 11.4. The SMILES string of the molecule is C/C(=C/CN(C(C)C)C(C)C)c1ccc(-c2ccc(Cl)cc2)cc1. The molecule has 0 unspecified atom stereocenters. The third-order valence-corrected chi connectivity index (χ3v) is 4.70. The van der Waals surface area contributed by atoms with Gasteiger partial charge in [0.2, 0.25) is 0 Å². The van der Waals surface area contributed by atoms with Gasteiger partial charge in [-0.05, 0) is 69.0 Å². The first kappa shape index (κ1) is 18.8. The van der Waals surface area contributed by atoms with Gasteiger partial charge in [0.05, 0.1) is 0 Å². The minimum atomic E-state index is 0.557. The van der Waals surface area contributed by atoms with Crippen LogP contribution < -0.4 is 0 Å². The summed E-state index contributed by atoms with van der Waals surface area (Å²) >= 11 is 5.96. The van der Waals surface area contributed by atoms with Crippen molar-refractivity contribution in [2.75, 3.05) is 6.54 Å². The number of benzene rings is 2. The molecule has 0 aliphatic rings. The average molecular weight is 342 g/mol. The van der Waals surface area contributed by atoms with Crippen molar-refractivity contribution in [1.29, 1.82) is 0 Å². The molecule has 0 aromatic heterocycles. The summed E-state index contributed by atoms with van der Waals surface area (Å²) in [6.07, 6.45) is 2.33. The van der Waals surface area contributed by atoms with Gasteiger partial charge < -0.3 is 0 Å². The zero-order valence-electron chi connectivity index (χ0n) is 15.4. The van der Waals surface area contributed by atoms with Gasteiger partial charge in [0.15, 0.2) is 0 Å². The summed E-state index contributed by atoms with van der Waals surface area (Å²) in [6.45, 7) is 12.2. The maximum Gasteiger partial charge on any atom is 0.0406 e. The second-order valence-electron chi connectivity index (χ2n) is 6.86. The van der Waals surface area contributed by atoms with Crippen molar-refractivity contribution in [2.24, 2.45) is 0 Å². The molecule has 0 N–H and O–H groups in total. The van der Waals surface area contributed by atoms with Gasteiger partial charge in [0.1, 0.15) is 0 Å². The largest absolute Gasteiger partial charge is 0.295 e. The Morgan fingerprint density at radius 2 is 1.33 bits per heavy atom. The first-order valence-corrected chi connectivity index (χ1v) is 9.05. The molecule has 0 amide bonds. The maximum atomic E-state index is 5.96. The Hall–Kier alpha value is -1.57. The van der Waals surface area contributed by atoms with Gasteiger partial charge in [-0.25, -0.2) is 0 Å². The molecule has 0 saturated carbocycles. The van der Waals surface area contributed by atoms with Crippen LogP contribution in [0.1, 0.15) is 40.2 Å². The zero-order valence-corrected chi connectivity index (χ0v) is 16.1. The highest BCUT2D eigenvalue weighted by molar-refractivity contribution is 6.30. The van der Waals surface area contributed by atoms with Gasteiger partial charge in [-0.15, -0.1) is 0 Å². The van der Waals surface area contributed by atoms with Crippen LogP contribution in [0.4, 0.5) is 0 Å². The summed E-state index contributed by atoms with van der Waals surface area (Å²) in [7, 11) is 0. The van der Waals surface area contributed by atoms with E-state index in [9.17, 15) is 0 Å². The predicted octanol–water partition coefficient (Wildman–Crippen LogP) is 6.53. The molecule has 2 rings (SSSR count). The van der Waals surface area contributed by atoms with Crippen LogP contribution in [0.2, 0.25) is 5.02 Å². The van der Waals surface area contributed by atoms with E-state index < -0.39 is 0 Å². The highest BCUT2D eigenvalue weighted by atomic mass is 35.5. The van der Waals surface area contributed by atoms with Gasteiger partial charge in [-0.2, -0.15) is 0 Å². The van der Waals surface area contributed by atoms with Crippen molar-refractivity contribution in [3.05, 3.63) is 65.2 Å². The molecule has 0 aliphatic heterocycles. The minimum Gasteiger partial charge on any atom is -0.295 e. The fourth-order valence-corrected chi connectivity index (χ4v) is 3.07. The van der Waals surface area contributed by atoms with Crippen molar-refractivity contribution in [3.8, 4) is 11.1 Å². The Morgan fingerprint density at radius 1 is 0.875 bits per heavy atom. The zero-order chi connectivity index (χ0) is 17.7. The van der Waals surface area contributed by atoms with Crippen LogP contribution in [0.5, 0.6) is 0 Å². The summed E-state index contributed by atoms with van der Waals surface area (Å²) in [4.78, 5) is 2.49. The molecule has 0 aliphatic carbocycles. The fourth-order valence-electron chi connectivity index (χ4n) is 2.95. The molecule has 2 heteroatoms. The molecular weight excluding hydrogens is 314 g/mol. The van der Waals surface area contributed by atoms with E-state index >= 15 is 0 Å². The topological polar surface area (TPSA) is 3.24 Å². The molecule has 0 radical (unpaired) electrons. The standard InChI is InChI=1S/C22H28ClN/c1-16(2)24(17(3)4)15-14-18(5)19-6-8-20(9-7-19)21-10-12-22(23)13-11-21/h6-14,16-17H,15H2,1-5H3/b18-14-. The molecule has 0 spiro atoms. The maximum absolute atomic E-state index is 5.96. The average Bonchev–Trinajstić information content (AvgIpc) is 2.55. The Kier molecular flexibility index (Phi) is 6.65. The lowest BCUT2D eigenvalue weighted by molar-refractivity contribution is 0.196. The van der Waals surface area contributed by atoms with Crippen LogP contribution in [0.25, 0.3) is 16.7 Å². The highest BCUT2D eigenvalue weighted by Gasteiger charge is 2.11. The van der Waals surface area contributed by atoms with Crippen molar-refractivity contribution in [2.45, 2.75) is 46.7 Å². The molecule has 128 valence electrons. The predicted molar refractivity (Wildman–Crippen MR) is 108 cm³/mol. The Balaban J connectivity index is 2.12. The summed E-state index contributed by atoms with van der Waals surface area (Å²) in [5.74, 6) is 0. The lowest BCUT2D eigenvalue weighted by atomic mass is 10.0. The number of allylic oxidation sites excluding steroid dienone is 1.